The SMILES string of the molecule is CCc1n[nH]c(=S)n1NCc1cc(OC)c(OCc2c(Cl)cccc2Cl)cc1Cl. The fourth-order valence-corrected chi connectivity index (χ4v) is 3.64. The summed E-state index contributed by atoms with van der Waals surface area (Å²) in [7, 11) is 1.57. The van der Waals surface area contributed by atoms with Crippen LogP contribution in [0.15, 0.2) is 30.3 Å². The summed E-state index contributed by atoms with van der Waals surface area (Å²) in [5, 5.41) is 8.52. The van der Waals surface area contributed by atoms with E-state index in [1.807, 2.05) is 13.0 Å². The molecule has 6 nitrogen and oxygen atoms in total. The van der Waals surface area contributed by atoms with Crippen molar-refractivity contribution >= 4 is 47.0 Å². The number of benzene rings is 2. The monoisotopic (exact) mass is 472 g/mol. The van der Waals surface area contributed by atoms with E-state index in [1.54, 1.807) is 36.1 Å². The summed E-state index contributed by atoms with van der Waals surface area (Å²) in [6, 6.07) is 8.82. The van der Waals surface area contributed by atoms with Gasteiger partial charge in [0.15, 0.2) is 17.3 Å². The van der Waals surface area contributed by atoms with Crippen LogP contribution in [0.5, 0.6) is 11.5 Å². The van der Waals surface area contributed by atoms with E-state index in [2.05, 4.69) is 15.6 Å². The van der Waals surface area contributed by atoms with E-state index in [0.29, 0.717) is 43.4 Å². The van der Waals surface area contributed by atoms with Crippen LogP contribution in [-0.2, 0) is 19.6 Å². The van der Waals surface area contributed by atoms with Crippen LogP contribution in [0.4, 0.5) is 0 Å². The maximum atomic E-state index is 6.47. The molecular weight excluding hydrogens is 455 g/mol. The Morgan fingerprint density at radius 2 is 1.86 bits per heavy atom. The van der Waals surface area contributed by atoms with Gasteiger partial charge in [-0.1, -0.05) is 47.8 Å². The van der Waals surface area contributed by atoms with Crippen LogP contribution in [0.1, 0.15) is 23.9 Å². The van der Waals surface area contributed by atoms with E-state index < -0.39 is 0 Å². The van der Waals surface area contributed by atoms with Gasteiger partial charge in [0.1, 0.15) is 6.61 Å². The topological polar surface area (TPSA) is 64.1 Å². The number of aryl methyl sites for hydroxylation is 1. The molecule has 2 aromatic carbocycles. The highest BCUT2D eigenvalue weighted by Gasteiger charge is 2.14. The summed E-state index contributed by atoms with van der Waals surface area (Å²) in [6.45, 7) is 2.61. The molecule has 0 saturated heterocycles. The van der Waals surface area contributed by atoms with Crippen LogP contribution in [-0.4, -0.2) is 22.0 Å². The fourth-order valence-electron chi connectivity index (χ4n) is 2.70. The number of hydrogen-bond donors (Lipinski definition) is 2. The van der Waals surface area contributed by atoms with Gasteiger partial charge in [0, 0.05) is 33.1 Å². The molecule has 1 heterocycles. The molecule has 0 aliphatic carbocycles. The van der Waals surface area contributed by atoms with Gasteiger partial charge >= 0.3 is 0 Å². The molecule has 0 atom stereocenters. The molecule has 0 aliphatic rings. The zero-order chi connectivity index (χ0) is 21.0. The highest BCUT2D eigenvalue weighted by atomic mass is 35.5. The molecule has 29 heavy (non-hydrogen) atoms. The quantitative estimate of drug-likeness (QED) is 0.405. The second-order valence-electron chi connectivity index (χ2n) is 6.05. The minimum absolute atomic E-state index is 0.187. The second-order valence-corrected chi connectivity index (χ2v) is 7.66. The molecule has 154 valence electrons. The smallest absolute Gasteiger partial charge is 0.214 e. The van der Waals surface area contributed by atoms with Crippen molar-refractivity contribution in [1.29, 1.82) is 0 Å². The van der Waals surface area contributed by atoms with Gasteiger partial charge < -0.3 is 14.9 Å². The van der Waals surface area contributed by atoms with E-state index >= 15 is 0 Å². The Morgan fingerprint density at radius 1 is 1.14 bits per heavy atom. The van der Waals surface area contributed by atoms with Gasteiger partial charge in [0.2, 0.25) is 4.77 Å². The molecule has 0 unspecified atom stereocenters. The predicted octanol–water partition coefficient (Wildman–Crippen LogP) is 5.79. The molecule has 3 rings (SSSR count). The van der Waals surface area contributed by atoms with E-state index in [0.717, 1.165) is 17.8 Å². The molecule has 0 saturated carbocycles. The number of aromatic nitrogens is 3. The first-order chi connectivity index (χ1) is 13.9. The van der Waals surface area contributed by atoms with Crippen molar-refractivity contribution in [2.45, 2.75) is 26.5 Å². The van der Waals surface area contributed by atoms with Crippen molar-refractivity contribution in [3.8, 4) is 11.5 Å². The van der Waals surface area contributed by atoms with E-state index in [4.69, 9.17) is 56.5 Å². The molecule has 0 amide bonds. The van der Waals surface area contributed by atoms with E-state index in [-0.39, 0.29) is 6.61 Å². The molecule has 0 aliphatic heterocycles. The minimum atomic E-state index is 0.187. The average molecular weight is 474 g/mol. The molecule has 3 aromatic rings. The zero-order valence-corrected chi connectivity index (χ0v) is 18.8. The first-order valence-corrected chi connectivity index (χ1v) is 10.3. The second kappa shape index (κ2) is 9.71. The van der Waals surface area contributed by atoms with Crippen molar-refractivity contribution in [3.05, 3.63) is 67.1 Å². The van der Waals surface area contributed by atoms with Crippen molar-refractivity contribution in [3.63, 3.8) is 0 Å². The van der Waals surface area contributed by atoms with Crippen LogP contribution in [0.25, 0.3) is 0 Å². The summed E-state index contributed by atoms with van der Waals surface area (Å²) in [6.07, 6.45) is 0.731. The van der Waals surface area contributed by atoms with Crippen LogP contribution in [0.3, 0.4) is 0 Å². The number of rotatable bonds is 8. The standard InChI is InChI=1S/C19H19Cl3N4O2S/c1-3-18-24-25-19(29)26(18)23-9-11-7-16(27-2)17(8-15(11)22)28-10-12-13(20)5-4-6-14(12)21/h4-8,23H,3,9-10H2,1-2H3,(H,25,29). The molecule has 0 spiro atoms. The summed E-state index contributed by atoms with van der Waals surface area (Å²) >= 11 is 24.1. The van der Waals surface area contributed by atoms with Gasteiger partial charge in [-0.05, 0) is 36.0 Å². The molecule has 2 N–H and O–H groups in total. The highest BCUT2D eigenvalue weighted by Crippen LogP contribution is 2.35. The number of aromatic amines is 1. The molecule has 0 fully saturated rings. The molecular formula is C19H19Cl3N4O2S. The number of methoxy groups -OCH3 is 1. The van der Waals surface area contributed by atoms with Gasteiger partial charge in [0.05, 0.1) is 13.7 Å². The number of halogens is 3. The highest BCUT2D eigenvalue weighted by molar-refractivity contribution is 7.71. The summed E-state index contributed by atoms with van der Waals surface area (Å²) in [4.78, 5) is 0. The van der Waals surface area contributed by atoms with E-state index in [9.17, 15) is 0 Å². The normalized spacial score (nSPS) is 10.8. The Balaban J connectivity index is 1.78. The Hall–Kier alpha value is -1.93. The van der Waals surface area contributed by atoms with Gasteiger partial charge in [-0.3, -0.25) is 5.10 Å². The largest absolute Gasteiger partial charge is 0.493 e. The molecule has 1 aromatic heterocycles. The first kappa shape index (κ1) is 21.8. The van der Waals surface area contributed by atoms with Crippen LogP contribution in [0, 0.1) is 4.77 Å². The third-order valence-corrected chi connectivity index (χ3v) is 5.59. The van der Waals surface area contributed by atoms with Gasteiger partial charge in [-0.25, -0.2) is 4.68 Å². The fraction of sp³-hybridized carbons (Fsp3) is 0.263. The predicted molar refractivity (Wildman–Crippen MR) is 119 cm³/mol. The average Bonchev–Trinajstić information content (AvgIpc) is 3.06. The van der Waals surface area contributed by atoms with Gasteiger partial charge in [-0.2, -0.15) is 5.10 Å². The number of H-pyrrole nitrogens is 1. The Kier molecular flexibility index (Phi) is 7.29. The van der Waals surface area contributed by atoms with Crippen molar-refractivity contribution in [1.82, 2.24) is 14.9 Å². The summed E-state index contributed by atoms with van der Waals surface area (Å²) in [5.74, 6) is 1.84. The lowest BCUT2D eigenvalue weighted by atomic mass is 10.2. The number of ether oxygens (including phenoxy) is 2. The van der Waals surface area contributed by atoms with E-state index in [1.165, 1.54) is 0 Å². The minimum Gasteiger partial charge on any atom is -0.493 e. The van der Waals surface area contributed by atoms with Crippen LogP contribution >= 0.6 is 47.0 Å². The van der Waals surface area contributed by atoms with Gasteiger partial charge in [0.25, 0.3) is 0 Å². The van der Waals surface area contributed by atoms with Crippen molar-refractivity contribution in [2.24, 2.45) is 0 Å². The number of nitrogens with zero attached hydrogens (tertiary/aromatic N) is 2. The third kappa shape index (κ3) is 4.98. The Bertz CT molecular complexity index is 1050. The lowest BCUT2D eigenvalue weighted by Gasteiger charge is -2.16. The lowest BCUT2D eigenvalue weighted by Crippen LogP contribution is -2.17. The Labute approximate surface area is 188 Å². The van der Waals surface area contributed by atoms with Gasteiger partial charge in [-0.15, -0.1) is 0 Å². The Morgan fingerprint density at radius 3 is 2.52 bits per heavy atom. The molecule has 0 radical (unpaired) electrons. The number of hydrogen-bond acceptors (Lipinski definition) is 5. The number of nitrogens with one attached hydrogen (secondary N) is 2. The summed E-state index contributed by atoms with van der Waals surface area (Å²) in [5.41, 5.74) is 4.73. The molecule has 10 heteroatoms. The summed E-state index contributed by atoms with van der Waals surface area (Å²) < 4.78 is 13.6. The molecule has 0 bridgehead atoms. The van der Waals surface area contributed by atoms with Crippen LogP contribution in [0.2, 0.25) is 15.1 Å². The maximum Gasteiger partial charge on any atom is 0.214 e. The first-order valence-electron chi connectivity index (χ1n) is 8.76. The van der Waals surface area contributed by atoms with Crippen molar-refractivity contribution in [2.75, 3.05) is 12.5 Å². The lowest BCUT2D eigenvalue weighted by molar-refractivity contribution is 0.284. The third-order valence-electron chi connectivity index (χ3n) is 4.25. The zero-order valence-electron chi connectivity index (χ0n) is 15.8. The van der Waals surface area contributed by atoms with Crippen molar-refractivity contribution < 1.29 is 9.47 Å². The van der Waals surface area contributed by atoms with Crippen LogP contribution < -0.4 is 14.9 Å². The maximum absolute atomic E-state index is 6.47.